The topological polar surface area (TPSA) is 49.3 Å². The Hall–Kier alpha value is -0.610. The molecule has 0 rings (SSSR count). The molecule has 0 aromatic rings. The summed E-state index contributed by atoms with van der Waals surface area (Å²) < 4.78 is 0.325. The fourth-order valence-corrected chi connectivity index (χ4v) is 1.29. The molecular formula is C10H23N2O2+. The second-order valence-electron chi connectivity index (χ2n) is 4.18. The number of nitrogens with zero attached hydrogens (tertiary/aromatic N) is 1. The number of nitrogens with one attached hydrogen (secondary N) is 1. The van der Waals surface area contributed by atoms with Crippen molar-refractivity contribution in [3.8, 4) is 0 Å². The minimum absolute atomic E-state index is 0.00403. The minimum Gasteiger partial charge on any atom is -0.351 e. The van der Waals surface area contributed by atoms with Gasteiger partial charge in [-0.25, -0.2) is 0 Å². The molecule has 0 saturated carbocycles. The van der Waals surface area contributed by atoms with Crippen LogP contribution in [-0.4, -0.2) is 48.9 Å². The van der Waals surface area contributed by atoms with Gasteiger partial charge in [-0.05, 0) is 6.42 Å². The van der Waals surface area contributed by atoms with Gasteiger partial charge in [0.15, 0.2) is 12.8 Å². The van der Waals surface area contributed by atoms with E-state index in [0.717, 1.165) is 6.42 Å². The summed E-state index contributed by atoms with van der Waals surface area (Å²) in [6.07, 6.45) is 1.13. The number of hydrogen-bond donors (Lipinski definition) is 2. The average molecular weight is 203 g/mol. The van der Waals surface area contributed by atoms with Crippen LogP contribution in [0, 0.1) is 0 Å². The SMILES string of the molecule is CCCNC(=O)C[N+](C)(C)C(O)CC. The van der Waals surface area contributed by atoms with Gasteiger partial charge in [0.2, 0.25) is 0 Å². The summed E-state index contributed by atoms with van der Waals surface area (Å²) >= 11 is 0. The van der Waals surface area contributed by atoms with Gasteiger partial charge in [0.25, 0.3) is 5.91 Å². The molecule has 4 nitrogen and oxygen atoms in total. The molecule has 0 fully saturated rings. The van der Waals surface area contributed by atoms with Crippen molar-refractivity contribution in [2.75, 3.05) is 27.2 Å². The predicted molar refractivity (Wildman–Crippen MR) is 56.6 cm³/mol. The average Bonchev–Trinajstić information content (AvgIpc) is 2.12. The number of amides is 1. The van der Waals surface area contributed by atoms with E-state index in [0.29, 0.717) is 24.0 Å². The fourth-order valence-electron chi connectivity index (χ4n) is 1.29. The maximum atomic E-state index is 11.4. The van der Waals surface area contributed by atoms with Crippen LogP contribution in [0.25, 0.3) is 0 Å². The lowest BCUT2D eigenvalue weighted by atomic mass is 10.3. The van der Waals surface area contributed by atoms with Crippen LogP contribution in [-0.2, 0) is 4.79 Å². The molecule has 0 heterocycles. The number of aliphatic hydroxyl groups excluding tert-OH is 1. The molecule has 0 aliphatic carbocycles. The Morgan fingerprint density at radius 1 is 1.43 bits per heavy atom. The Morgan fingerprint density at radius 2 is 2.00 bits per heavy atom. The lowest BCUT2D eigenvalue weighted by molar-refractivity contribution is -0.929. The first kappa shape index (κ1) is 13.4. The highest BCUT2D eigenvalue weighted by Crippen LogP contribution is 2.06. The second-order valence-corrected chi connectivity index (χ2v) is 4.18. The molecule has 0 saturated heterocycles. The van der Waals surface area contributed by atoms with Crippen LogP contribution in [0.1, 0.15) is 26.7 Å². The lowest BCUT2D eigenvalue weighted by Gasteiger charge is -2.33. The second kappa shape index (κ2) is 5.98. The molecule has 2 N–H and O–H groups in total. The monoisotopic (exact) mass is 203 g/mol. The van der Waals surface area contributed by atoms with E-state index < -0.39 is 6.23 Å². The largest absolute Gasteiger partial charge is 0.351 e. The van der Waals surface area contributed by atoms with Gasteiger partial charge in [-0.2, -0.15) is 0 Å². The number of carbonyl (C=O) groups is 1. The van der Waals surface area contributed by atoms with Crippen LogP contribution in [0.15, 0.2) is 0 Å². The number of likely N-dealkylation sites (N-methyl/N-ethyl adjacent to an activating group) is 1. The Kier molecular flexibility index (Phi) is 5.72. The molecule has 1 unspecified atom stereocenters. The summed E-state index contributed by atoms with van der Waals surface area (Å²) in [5, 5.41) is 12.5. The fraction of sp³-hybridized carbons (Fsp3) is 0.900. The van der Waals surface area contributed by atoms with Gasteiger partial charge in [0.05, 0.1) is 14.1 Å². The number of quaternary nitrogens is 1. The van der Waals surface area contributed by atoms with E-state index in [2.05, 4.69) is 5.32 Å². The van der Waals surface area contributed by atoms with Crippen molar-refractivity contribution in [2.45, 2.75) is 32.9 Å². The van der Waals surface area contributed by atoms with Gasteiger partial charge in [-0.1, -0.05) is 13.8 Å². The molecule has 0 aromatic heterocycles. The van der Waals surface area contributed by atoms with E-state index in [1.165, 1.54) is 0 Å². The highest BCUT2D eigenvalue weighted by Gasteiger charge is 2.26. The van der Waals surface area contributed by atoms with E-state index in [1.54, 1.807) is 0 Å². The summed E-state index contributed by atoms with van der Waals surface area (Å²) in [7, 11) is 3.72. The van der Waals surface area contributed by atoms with E-state index in [4.69, 9.17) is 0 Å². The summed E-state index contributed by atoms with van der Waals surface area (Å²) in [5.74, 6) is 0.00403. The van der Waals surface area contributed by atoms with E-state index >= 15 is 0 Å². The van der Waals surface area contributed by atoms with Crippen molar-refractivity contribution in [1.29, 1.82) is 0 Å². The van der Waals surface area contributed by atoms with E-state index in [-0.39, 0.29) is 5.91 Å². The molecule has 0 radical (unpaired) electrons. The Morgan fingerprint density at radius 3 is 2.43 bits per heavy atom. The standard InChI is InChI=1S/C10H22N2O2/c1-5-7-11-9(13)8-12(3,4)10(14)6-2/h10,14H,5-8H2,1-4H3/p+1. The summed E-state index contributed by atoms with van der Waals surface area (Å²) in [6.45, 7) is 4.96. The first-order chi connectivity index (χ1) is 6.44. The highest BCUT2D eigenvalue weighted by atomic mass is 16.3. The van der Waals surface area contributed by atoms with Gasteiger partial charge >= 0.3 is 0 Å². The number of rotatable bonds is 6. The number of hydrogen-bond acceptors (Lipinski definition) is 2. The predicted octanol–water partition coefficient (Wildman–Crippen LogP) is 0.317. The molecule has 14 heavy (non-hydrogen) atoms. The van der Waals surface area contributed by atoms with E-state index in [1.807, 2.05) is 27.9 Å². The van der Waals surface area contributed by atoms with Crippen LogP contribution in [0.5, 0.6) is 0 Å². The van der Waals surface area contributed by atoms with Crippen LogP contribution >= 0.6 is 0 Å². The zero-order valence-corrected chi connectivity index (χ0v) is 9.71. The molecule has 1 atom stereocenters. The van der Waals surface area contributed by atoms with Gasteiger partial charge in [-0.15, -0.1) is 0 Å². The van der Waals surface area contributed by atoms with Crippen molar-refractivity contribution in [3.63, 3.8) is 0 Å². The minimum atomic E-state index is -0.470. The third-order valence-electron chi connectivity index (χ3n) is 2.30. The van der Waals surface area contributed by atoms with Gasteiger partial charge in [0, 0.05) is 13.0 Å². The zero-order valence-electron chi connectivity index (χ0n) is 9.71. The first-order valence-electron chi connectivity index (χ1n) is 5.21. The Balaban J connectivity index is 4.01. The molecule has 84 valence electrons. The molecule has 0 aliphatic heterocycles. The van der Waals surface area contributed by atoms with Gasteiger partial charge in [-0.3, -0.25) is 9.28 Å². The zero-order chi connectivity index (χ0) is 11.2. The van der Waals surface area contributed by atoms with Crippen molar-refractivity contribution in [3.05, 3.63) is 0 Å². The molecule has 0 bridgehead atoms. The van der Waals surface area contributed by atoms with Crippen LogP contribution in [0.3, 0.4) is 0 Å². The maximum Gasteiger partial charge on any atom is 0.275 e. The van der Waals surface area contributed by atoms with Crippen molar-refractivity contribution < 1.29 is 14.4 Å². The van der Waals surface area contributed by atoms with Crippen LogP contribution in [0.4, 0.5) is 0 Å². The third kappa shape index (κ3) is 4.58. The van der Waals surface area contributed by atoms with E-state index in [9.17, 15) is 9.90 Å². The summed E-state index contributed by atoms with van der Waals surface area (Å²) in [4.78, 5) is 11.4. The smallest absolute Gasteiger partial charge is 0.275 e. The Bertz CT molecular complexity index is 181. The molecule has 0 spiro atoms. The van der Waals surface area contributed by atoms with Crippen molar-refractivity contribution >= 4 is 5.91 Å². The molecule has 1 amide bonds. The lowest BCUT2D eigenvalue weighted by Crippen LogP contribution is -2.53. The van der Waals surface area contributed by atoms with Crippen LogP contribution in [0.2, 0.25) is 0 Å². The first-order valence-corrected chi connectivity index (χ1v) is 5.21. The van der Waals surface area contributed by atoms with Crippen molar-refractivity contribution in [1.82, 2.24) is 5.32 Å². The Labute approximate surface area is 86.5 Å². The summed E-state index contributed by atoms with van der Waals surface area (Å²) in [5.41, 5.74) is 0. The highest BCUT2D eigenvalue weighted by molar-refractivity contribution is 5.76. The molecular weight excluding hydrogens is 180 g/mol. The third-order valence-corrected chi connectivity index (χ3v) is 2.30. The molecule has 0 aromatic carbocycles. The molecule has 0 aliphatic rings. The van der Waals surface area contributed by atoms with Gasteiger partial charge < -0.3 is 10.4 Å². The van der Waals surface area contributed by atoms with Gasteiger partial charge in [0.1, 0.15) is 0 Å². The summed E-state index contributed by atoms with van der Waals surface area (Å²) in [6, 6.07) is 0. The normalized spacial score (nSPS) is 13.8. The number of aliphatic hydroxyl groups is 1. The quantitative estimate of drug-likeness (QED) is 0.482. The molecule has 4 heteroatoms. The number of carbonyl (C=O) groups excluding carboxylic acids is 1. The maximum absolute atomic E-state index is 11.4. The van der Waals surface area contributed by atoms with Crippen molar-refractivity contribution in [2.24, 2.45) is 0 Å². The van der Waals surface area contributed by atoms with Crippen LogP contribution < -0.4 is 5.32 Å².